The van der Waals surface area contributed by atoms with Crippen molar-refractivity contribution in [2.45, 2.75) is 37.8 Å². The van der Waals surface area contributed by atoms with Crippen LogP contribution in [0.1, 0.15) is 31.2 Å². The van der Waals surface area contributed by atoms with Gasteiger partial charge in [0.15, 0.2) is 11.5 Å². The number of rotatable bonds is 6. The van der Waals surface area contributed by atoms with Crippen LogP contribution in [0.3, 0.4) is 0 Å². The maximum atomic E-state index is 9.59. The quantitative estimate of drug-likeness (QED) is 0.838. The van der Waals surface area contributed by atoms with E-state index in [1.807, 2.05) is 12.1 Å². The second-order valence-corrected chi connectivity index (χ2v) is 5.94. The summed E-state index contributed by atoms with van der Waals surface area (Å²) < 4.78 is 5.14. The summed E-state index contributed by atoms with van der Waals surface area (Å²) in [5.74, 6) is 0.726. The molecule has 20 heavy (non-hydrogen) atoms. The summed E-state index contributed by atoms with van der Waals surface area (Å²) in [7, 11) is 5.93. The first kappa shape index (κ1) is 15.1. The number of nitrogens with zero attached hydrogens (tertiary/aromatic N) is 1. The van der Waals surface area contributed by atoms with Crippen molar-refractivity contribution in [3.05, 3.63) is 23.8 Å². The molecule has 0 unspecified atom stereocenters. The highest BCUT2D eigenvalue weighted by atomic mass is 16.5. The fourth-order valence-electron chi connectivity index (χ4n) is 3.09. The van der Waals surface area contributed by atoms with Gasteiger partial charge in [0.1, 0.15) is 0 Å². The summed E-state index contributed by atoms with van der Waals surface area (Å²) in [5.41, 5.74) is 1.44. The molecule has 2 N–H and O–H groups in total. The lowest BCUT2D eigenvalue weighted by atomic mass is 9.96. The molecule has 1 fully saturated rings. The normalized spacial score (nSPS) is 17.6. The van der Waals surface area contributed by atoms with Crippen molar-refractivity contribution in [2.24, 2.45) is 0 Å². The molecular formula is C16H26N2O2. The van der Waals surface area contributed by atoms with Crippen LogP contribution in [0.4, 0.5) is 0 Å². The monoisotopic (exact) mass is 278 g/mol. The number of likely N-dealkylation sites (N-methyl/N-ethyl adjacent to an activating group) is 1. The molecule has 1 aromatic carbocycles. The number of phenols is 1. The van der Waals surface area contributed by atoms with E-state index in [0.717, 1.165) is 18.7 Å². The topological polar surface area (TPSA) is 44.7 Å². The summed E-state index contributed by atoms with van der Waals surface area (Å²) >= 11 is 0. The molecule has 0 bridgehead atoms. The summed E-state index contributed by atoms with van der Waals surface area (Å²) in [6, 6.07) is 5.51. The molecule has 0 amide bonds. The van der Waals surface area contributed by atoms with E-state index in [1.54, 1.807) is 13.2 Å². The van der Waals surface area contributed by atoms with E-state index in [9.17, 15) is 5.11 Å². The molecule has 4 nitrogen and oxygen atoms in total. The molecule has 0 aromatic heterocycles. The van der Waals surface area contributed by atoms with E-state index in [2.05, 4.69) is 24.3 Å². The van der Waals surface area contributed by atoms with Crippen LogP contribution in [0.15, 0.2) is 18.2 Å². The van der Waals surface area contributed by atoms with E-state index >= 15 is 0 Å². The van der Waals surface area contributed by atoms with Gasteiger partial charge in [0.25, 0.3) is 0 Å². The molecule has 0 spiro atoms. The summed E-state index contributed by atoms with van der Waals surface area (Å²) in [6.07, 6.45) is 5.19. The van der Waals surface area contributed by atoms with Crippen molar-refractivity contribution in [1.82, 2.24) is 10.2 Å². The molecule has 4 heteroatoms. The predicted molar refractivity (Wildman–Crippen MR) is 81.3 cm³/mol. The van der Waals surface area contributed by atoms with Gasteiger partial charge in [-0.25, -0.2) is 0 Å². The second kappa shape index (κ2) is 6.46. The molecular weight excluding hydrogens is 252 g/mol. The van der Waals surface area contributed by atoms with Crippen molar-refractivity contribution in [3.8, 4) is 11.5 Å². The van der Waals surface area contributed by atoms with Gasteiger partial charge in [-0.2, -0.15) is 0 Å². The average Bonchev–Trinajstić information content (AvgIpc) is 2.91. The minimum Gasteiger partial charge on any atom is -0.504 e. The summed E-state index contributed by atoms with van der Waals surface area (Å²) in [5, 5.41) is 13.2. The molecule has 1 aliphatic carbocycles. The third-order valence-electron chi connectivity index (χ3n) is 4.51. The lowest BCUT2D eigenvalue weighted by Crippen LogP contribution is -2.49. The Morgan fingerprint density at radius 3 is 2.60 bits per heavy atom. The van der Waals surface area contributed by atoms with E-state index in [4.69, 9.17) is 4.74 Å². The first-order valence-electron chi connectivity index (χ1n) is 7.31. The Labute approximate surface area is 121 Å². The highest BCUT2D eigenvalue weighted by Crippen LogP contribution is 2.33. The van der Waals surface area contributed by atoms with Crippen molar-refractivity contribution < 1.29 is 9.84 Å². The van der Waals surface area contributed by atoms with Crippen LogP contribution in [0.2, 0.25) is 0 Å². The number of ether oxygens (including phenoxy) is 1. The van der Waals surface area contributed by atoms with E-state index < -0.39 is 0 Å². The van der Waals surface area contributed by atoms with Crippen LogP contribution in [0.5, 0.6) is 11.5 Å². The summed E-state index contributed by atoms with van der Waals surface area (Å²) in [6.45, 7) is 1.80. The van der Waals surface area contributed by atoms with Crippen LogP contribution < -0.4 is 10.1 Å². The maximum absolute atomic E-state index is 9.59. The van der Waals surface area contributed by atoms with Crippen LogP contribution in [-0.4, -0.2) is 43.3 Å². The Bertz CT molecular complexity index is 440. The molecule has 0 atom stereocenters. The first-order chi connectivity index (χ1) is 9.57. The van der Waals surface area contributed by atoms with Gasteiger partial charge in [0.05, 0.1) is 7.11 Å². The third-order valence-corrected chi connectivity index (χ3v) is 4.51. The van der Waals surface area contributed by atoms with Crippen LogP contribution >= 0.6 is 0 Å². The molecule has 1 saturated carbocycles. The largest absolute Gasteiger partial charge is 0.504 e. The van der Waals surface area contributed by atoms with Crippen molar-refractivity contribution in [1.29, 1.82) is 0 Å². The predicted octanol–water partition coefficient (Wildman–Crippen LogP) is 2.36. The highest BCUT2D eigenvalue weighted by molar-refractivity contribution is 5.41. The number of hydrogen-bond acceptors (Lipinski definition) is 4. The Morgan fingerprint density at radius 2 is 2.00 bits per heavy atom. The zero-order valence-electron chi connectivity index (χ0n) is 12.8. The average molecular weight is 278 g/mol. The minimum atomic E-state index is 0.191. The smallest absolute Gasteiger partial charge is 0.160 e. The van der Waals surface area contributed by atoms with Gasteiger partial charge in [0.2, 0.25) is 0 Å². The zero-order valence-corrected chi connectivity index (χ0v) is 12.8. The SMILES string of the molecule is COc1cc(CNCC2(N(C)C)CCCC2)ccc1O. The van der Waals surface area contributed by atoms with Gasteiger partial charge in [-0.3, -0.25) is 0 Å². The Balaban J connectivity index is 1.92. The summed E-state index contributed by atoms with van der Waals surface area (Å²) in [4.78, 5) is 2.37. The minimum absolute atomic E-state index is 0.191. The Hall–Kier alpha value is -1.26. The van der Waals surface area contributed by atoms with Crippen LogP contribution in [-0.2, 0) is 6.54 Å². The van der Waals surface area contributed by atoms with Crippen molar-refractivity contribution in [3.63, 3.8) is 0 Å². The van der Waals surface area contributed by atoms with Crippen LogP contribution in [0, 0.1) is 0 Å². The Kier molecular flexibility index (Phi) is 4.89. The van der Waals surface area contributed by atoms with Gasteiger partial charge >= 0.3 is 0 Å². The number of nitrogens with one attached hydrogen (secondary N) is 1. The highest BCUT2D eigenvalue weighted by Gasteiger charge is 2.35. The standard InChI is InChI=1S/C16H26N2O2/c1-18(2)16(8-4-5-9-16)12-17-11-13-6-7-14(19)15(10-13)20-3/h6-7,10,17,19H,4-5,8-9,11-12H2,1-3H3. The van der Waals surface area contributed by atoms with Gasteiger partial charge in [-0.15, -0.1) is 0 Å². The fourth-order valence-corrected chi connectivity index (χ4v) is 3.09. The van der Waals surface area contributed by atoms with E-state index in [-0.39, 0.29) is 5.75 Å². The van der Waals surface area contributed by atoms with Gasteiger partial charge in [0, 0.05) is 18.6 Å². The van der Waals surface area contributed by atoms with Gasteiger partial charge in [-0.1, -0.05) is 18.9 Å². The number of methoxy groups -OCH3 is 1. The van der Waals surface area contributed by atoms with Crippen molar-refractivity contribution >= 4 is 0 Å². The fraction of sp³-hybridized carbons (Fsp3) is 0.625. The molecule has 0 heterocycles. The van der Waals surface area contributed by atoms with Gasteiger partial charge in [-0.05, 0) is 44.6 Å². The molecule has 2 rings (SSSR count). The molecule has 112 valence electrons. The molecule has 1 aromatic rings. The lowest BCUT2D eigenvalue weighted by Gasteiger charge is -2.36. The first-order valence-corrected chi connectivity index (χ1v) is 7.31. The number of phenolic OH excluding ortho intramolecular Hbond substituents is 1. The molecule has 0 aliphatic heterocycles. The van der Waals surface area contributed by atoms with Gasteiger partial charge < -0.3 is 20.1 Å². The maximum Gasteiger partial charge on any atom is 0.160 e. The molecule has 0 radical (unpaired) electrons. The molecule has 1 aliphatic rings. The van der Waals surface area contributed by atoms with E-state index in [1.165, 1.54) is 25.7 Å². The van der Waals surface area contributed by atoms with E-state index in [0.29, 0.717) is 11.3 Å². The third kappa shape index (κ3) is 3.25. The van der Waals surface area contributed by atoms with Crippen LogP contribution in [0.25, 0.3) is 0 Å². The number of benzene rings is 1. The second-order valence-electron chi connectivity index (χ2n) is 5.94. The molecule has 0 saturated heterocycles. The zero-order chi connectivity index (χ0) is 14.6. The number of aromatic hydroxyl groups is 1. The van der Waals surface area contributed by atoms with Crippen molar-refractivity contribution in [2.75, 3.05) is 27.7 Å². The number of hydrogen-bond donors (Lipinski definition) is 2. The Morgan fingerprint density at radius 1 is 1.30 bits per heavy atom. The lowest BCUT2D eigenvalue weighted by molar-refractivity contribution is 0.153.